The van der Waals surface area contributed by atoms with Gasteiger partial charge in [-0.3, -0.25) is 5.01 Å². The van der Waals surface area contributed by atoms with E-state index in [1.165, 1.54) is 0 Å². The fourth-order valence-electron chi connectivity index (χ4n) is 0.439. The van der Waals surface area contributed by atoms with Gasteiger partial charge < -0.3 is 10.8 Å². The first-order valence-corrected chi connectivity index (χ1v) is 4.24. The highest BCUT2D eigenvalue weighted by Crippen LogP contribution is 2.13. The summed E-state index contributed by atoms with van der Waals surface area (Å²) in [4.78, 5) is 19.1. The molecule has 0 bridgehead atoms. The van der Waals surface area contributed by atoms with Crippen LogP contribution < -0.4 is 11.6 Å². The van der Waals surface area contributed by atoms with E-state index >= 15 is 0 Å². The van der Waals surface area contributed by atoms with Crippen LogP contribution in [0.4, 0.5) is 18.0 Å². The summed E-state index contributed by atoms with van der Waals surface area (Å²) >= 11 is 0. The monoisotopic (exact) mass is 245 g/mol. The number of hydrogen-bond acceptors (Lipinski definition) is 3. The Balaban J connectivity index is 0. The minimum absolute atomic E-state index is 0.547. The van der Waals surface area contributed by atoms with Crippen molar-refractivity contribution in [2.45, 2.75) is 25.9 Å². The van der Waals surface area contributed by atoms with E-state index in [-0.39, 0.29) is 0 Å². The number of carboxylic acids is 1. The number of nitrogens with two attached hydrogens (primary N) is 2. The lowest BCUT2D eigenvalue weighted by Crippen LogP contribution is -2.41. The molecular formula is C7H14F3N3O3. The summed E-state index contributed by atoms with van der Waals surface area (Å²) in [6, 6.07) is -0.566. The van der Waals surface area contributed by atoms with E-state index in [4.69, 9.17) is 21.5 Å². The highest BCUT2D eigenvalue weighted by Gasteiger charge is 2.38. The quantitative estimate of drug-likeness (QED) is 0.385. The fourth-order valence-corrected chi connectivity index (χ4v) is 0.439. The van der Waals surface area contributed by atoms with Gasteiger partial charge in [-0.25, -0.2) is 15.4 Å². The Kier molecular flexibility index (Phi) is 8.18. The number of nitrogens with zero attached hydrogens (tertiary/aromatic N) is 1. The van der Waals surface area contributed by atoms with Crippen LogP contribution in [0.5, 0.6) is 0 Å². The second kappa shape index (κ2) is 7.74. The number of halogens is 3. The first-order chi connectivity index (χ1) is 7.12. The van der Waals surface area contributed by atoms with Crippen molar-refractivity contribution in [2.75, 3.05) is 6.54 Å². The van der Waals surface area contributed by atoms with Crippen LogP contribution in [-0.2, 0) is 4.79 Å². The zero-order chi connectivity index (χ0) is 13.4. The van der Waals surface area contributed by atoms with Crippen LogP contribution in [0.1, 0.15) is 19.8 Å². The van der Waals surface area contributed by atoms with E-state index < -0.39 is 18.2 Å². The molecule has 0 spiro atoms. The zero-order valence-corrected chi connectivity index (χ0v) is 8.62. The number of amides is 2. The molecule has 0 atom stereocenters. The van der Waals surface area contributed by atoms with Gasteiger partial charge in [0.15, 0.2) is 0 Å². The maximum atomic E-state index is 10.6. The van der Waals surface area contributed by atoms with Crippen molar-refractivity contribution in [1.29, 1.82) is 0 Å². The maximum Gasteiger partial charge on any atom is 0.490 e. The van der Waals surface area contributed by atoms with Gasteiger partial charge in [0.25, 0.3) is 0 Å². The molecule has 0 saturated heterocycles. The van der Waals surface area contributed by atoms with E-state index in [2.05, 4.69) is 0 Å². The summed E-state index contributed by atoms with van der Waals surface area (Å²) in [6.45, 7) is 2.57. The molecule has 0 radical (unpaired) electrons. The van der Waals surface area contributed by atoms with Crippen LogP contribution in [0.15, 0.2) is 0 Å². The van der Waals surface area contributed by atoms with Gasteiger partial charge in [-0.2, -0.15) is 13.2 Å². The van der Waals surface area contributed by atoms with Crippen molar-refractivity contribution < 1.29 is 27.9 Å². The number of urea groups is 1. The van der Waals surface area contributed by atoms with Crippen molar-refractivity contribution in [1.82, 2.24) is 5.01 Å². The van der Waals surface area contributed by atoms with Gasteiger partial charge >= 0.3 is 18.2 Å². The zero-order valence-electron chi connectivity index (χ0n) is 8.62. The fraction of sp³-hybridized carbons (Fsp3) is 0.714. The molecule has 0 aliphatic heterocycles. The molecule has 0 rings (SSSR count). The number of hydrogen-bond donors (Lipinski definition) is 3. The minimum Gasteiger partial charge on any atom is -0.475 e. The van der Waals surface area contributed by atoms with E-state index in [0.29, 0.717) is 6.54 Å². The van der Waals surface area contributed by atoms with Crippen molar-refractivity contribution in [3.05, 3.63) is 0 Å². The average Bonchev–Trinajstić information content (AvgIpc) is 2.13. The second-order valence-corrected chi connectivity index (χ2v) is 2.69. The first-order valence-electron chi connectivity index (χ1n) is 4.24. The van der Waals surface area contributed by atoms with Crippen LogP contribution in [0, 0.1) is 0 Å². The molecule has 0 fully saturated rings. The normalized spacial score (nSPS) is 10.1. The van der Waals surface area contributed by atoms with Crippen LogP contribution in [0.2, 0.25) is 0 Å². The van der Waals surface area contributed by atoms with E-state index in [1.807, 2.05) is 6.92 Å². The molecule has 0 aromatic rings. The molecule has 2 amide bonds. The van der Waals surface area contributed by atoms with Gasteiger partial charge in [0.05, 0.1) is 0 Å². The van der Waals surface area contributed by atoms with Gasteiger partial charge in [0.2, 0.25) is 0 Å². The van der Waals surface area contributed by atoms with E-state index in [0.717, 1.165) is 17.9 Å². The summed E-state index contributed by atoms with van der Waals surface area (Å²) in [5.41, 5.74) is 4.84. The van der Waals surface area contributed by atoms with Gasteiger partial charge in [0.1, 0.15) is 0 Å². The summed E-state index contributed by atoms with van der Waals surface area (Å²) < 4.78 is 31.7. The van der Waals surface area contributed by atoms with Crippen molar-refractivity contribution in [2.24, 2.45) is 11.6 Å². The predicted molar refractivity (Wildman–Crippen MR) is 49.1 cm³/mol. The van der Waals surface area contributed by atoms with E-state index in [9.17, 15) is 18.0 Å². The topological polar surface area (TPSA) is 110 Å². The molecule has 0 aromatic carbocycles. The summed E-state index contributed by atoms with van der Waals surface area (Å²) in [6.07, 6.45) is -3.17. The molecular weight excluding hydrogens is 231 g/mol. The van der Waals surface area contributed by atoms with E-state index in [1.54, 1.807) is 0 Å². The molecule has 9 heteroatoms. The molecule has 96 valence electrons. The number of rotatable bonds is 3. The Morgan fingerprint density at radius 1 is 1.38 bits per heavy atom. The molecule has 0 heterocycles. The number of unbranched alkanes of at least 4 members (excludes halogenated alkanes) is 1. The predicted octanol–water partition coefficient (Wildman–Crippen LogP) is 0.674. The van der Waals surface area contributed by atoms with Crippen molar-refractivity contribution in [3.63, 3.8) is 0 Å². The lowest BCUT2D eigenvalue weighted by atomic mass is 10.3. The lowest BCUT2D eigenvalue weighted by molar-refractivity contribution is -0.192. The molecule has 0 aromatic heterocycles. The third-order valence-corrected chi connectivity index (χ3v) is 1.28. The second-order valence-electron chi connectivity index (χ2n) is 2.69. The van der Waals surface area contributed by atoms with Crippen LogP contribution in [-0.4, -0.2) is 34.8 Å². The van der Waals surface area contributed by atoms with Crippen LogP contribution in [0.25, 0.3) is 0 Å². The molecule has 0 saturated carbocycles. The first kappa shape index (κ1) is 16.9. The SMILES string of the molecule is CCCCN(N)C(N)=O.O=C(O)C(F)(F)F. The Morgan fingerprint density at radius 2 is 1.75 bits per heavy atom. The third-order valence-electron chi connectivity index (χ3n) is 1.28. The van der Waals surface area contributed by atoms with Crippen molar-refractivity contribution >= 4 is 12.0 Å². The Morgan fingerprint density at radius 3 is 1.94 bits per heavy atom. The largest absolute Gasteiger partial charge is 0.490 e. The molecule has 16 heavy (non-hydrogen) atoms. The van der Waals surface area contributed by atoms with Crippen LogP contribution >= 0.6 is 0 Å². The molecule has 0 unspecified atom stereocenters. The summed E-state index contributed by atoms with van der Waals surface area (Å²) in [7, 11) is 0. The van der Waals surface area contributed by atoms with Crippen molar-refractivity contribution in [3.8, 4) is 0 Å². The summed E-state index contributed by atoms with van der Waals surface area (Å²) in [5.74, 6) is 2.40. The Bertz CT molecular complexity index is 233. The smallest absolute Gasteiger partial charge is 0.475 e. The van der Waals surface area contributed by atoms with Gasteiger partial charge in [-0.05, 0) is 6.42 Å². The highest BCUT2D eigenvalue weighted by atomic mass is 19.4. The van der Waals surface area contributed by atoms with Crippen LogP contribution in [0.3, 0.4) is 0 Å². The number of carbonyl (C=O) groups is 2. The Labute approximate surface area is 90.0 Å². The highest BCUT2D eigenvalue weighted by molar-refractivity contribution is 5.73. The number of primary amides is 1. The standard InChI is InChI=1S/C5H13N3O.C2HF3O2/c1-2-3-4-8(7)5(6)9;3-2(4,5)1(6)7/h2-4,7H2,1H3,(H2,6,9);(H,6,7). The van der Waals surface area contributed by atoms with Gasteiger partial charge in [0, 0.05) is 6.54 Å². The minimum atomic E-state index is -5.08. The molecule has 5 N–H and O–H groups in total. The Hall–Kier alpha value is -1.51. The van der Waals surface area contributed by atoms with Gasteiger partial charge in [-0.15, -0.1) is 0 Å². The molecule has 6 nitrogen and oxygen atoms in total. The number of hydrazine groups is 1. The molecule has 0 aliphatic rings. The number of aliphatic carboxylic acids is 1. The number of carbonyl (C=O) groups excluding carboxylic acids is 1. The number of carboxylic acid groups (broad SMARTS) is 1. The summed E-state index contributed by atoms with van der Waals surface area (Å²) in [5, 5.41) is 8.14. The third kappa shape index (κ3) is 10.6. The van der Waals surface area contributed by atoms with Gasteiger partial charge in [-0.1, -0.05) is 13.3 Å². The number of alkyl halides is 3. The average molecular weight is 245 g/mol. The lowest BCUT2D eigenvalue weighted by Gasteiger charge is -2.11. The molecule has 0 aliphatic carbocycles. The maximum absolute atomic E-state index is 10.6.